The van der Waals surface area contributed by atoms with E-state index >= 15 is 0 Å². The zero-order valence-corrected chi connectivity index (χ0v) is 19.2. The Hall–Kier alpha value is -3.45. The fourth-order valence-corrected chi connectivity index (χ4v) is 5.79. The largest absolute Gasteiger partial charge is 0.507 e. The number of anilines is 1. The summed E-state index contributed by atoms with van der Waals surface area (Å²) in [6, 6.07) is 19.5. The van der Waals surface area contributed by atoms with E-state index in [1.807, 2.05) is 36.4 Å². The van der Waals surface area contributed by atoms with Crippen LogP contribution in [-0.4, -0.2) is 65.4 Å². The van der Waals surface area contributed by atoms with Crippen LogP contribution in [0.2, 0.25) is 0 Å². The first-order valence-corrected chi connectivity index (χ1v) is 12.0. The standard InChI is InChI=1S/C27H29N5O2/c33-24-9-5-4-8-22(24)23-14-21(15-29-30-23)31-12-10-27(11-13-31,20-6-2-1-3-7-20)25(34)32-18-26(19-32)16-28-17-26/h1-9,14-15,28,33H,10-13,16-19H2. The number of rotatable bonds is 4. The predicted molar refractivity (Wildman–Crippen MR) is 131 cm³/mol. The number of benzene rings is 2. The molecule has 1 aromatic heterocycles. The smallest absolute Gasteiger partial charge is 0.233 e. The van der Waals surface area contributed by atoms with Crippen molar-refractivity contribution >= 4 is 11.6 Å². The molecule has 0 aliphatic carbocycles. The van der Waals surface area contributed by atoms with E-state index in [2.05, 4.69) is 37.4 Å². The molecule has 0 bridgehead atoms. The zero-order valence-electron chi connectivity index (χ0n) is 19.2. The van der Waals surface area contributed by atoms with E-state index in [0.29, 0.717) is 16.7 Å². The van der Waals surface area contributed by atoms with Gasteiger partial charge < -0.3 is 20.2 Å². The van der Waals surface area contributed by atoms with E-state index in [1.54, 1.807) is 18.3 Å². The van der Waals surface area contributed by atoms with E-state index in [0.717, 1.165) is 63.4 Å². The van der Waals surface area contributed by atoms with Gasteiger partial charge in [-0.25, -0.2) is 0 Å². The number of nitrogens with zero attached hydrogens (tertiary/aromatic N) is 4. The number of hydrogen-bond acceptors (Lipinski definition) is 6. The van der Waals surface area contributed by atoms with Gasteiger partial charge in [-0.3, -0.25) is 4.79 Å². The molecule has 2 N–H and O–H groups in total. The second-order valence-electron chi connectivity index (χ2n) is 10.0. The molecule has 4 heterocycles. The number of amides is 1. The van der Waals surface area contributed by atoms with Crippen molar-refractivity contribution < 1.29 is 9.90 Å². The normalized spacial score (nSPS) is 20.5. The summed E-state index contributed by atoms with van der Waals surface area (Å²) in [7, 11) is 0. The molecule has 7 heteroatoms. The van der Waals surface area contributed by atoms with E-state index in [1.165, 1.54) is 0 Å². The van der Waals surface area contributed by atoms with Crippen LogP contribution in [0.3, 0.4) is 0 Å². The van der Waals surface area contributed by atoms with Gasteiger partial charge in [0.25, 0.3) is 0 Å². The molecule has 6 rings (SSSR count). The number of hydrogen-bond donors (Lipinski definition) is 2. The van der Waals surface area contributed by atoms with Crippen molar-refractivity contribution in [1.82, 2.24) is 20.4 Å². The summed E-state index contributed by atoms with van der Waals surface area (Å²) in [6.45, 7) is 5.30. The van der Waals surface area contributed by atoms with Crippen molar-refractivity contribution in [2.45, 2.75) is 18.3 Å². The van der Waals surface area contributed by atoms with E-state index < -0.39 is 5.41 Å². The maximum atomic E-state index is 13.9. The van der Waals surface area contributed by atoms with Gasteiger partial charge in [-0.15, -0.1) is 0 Å². The van der Waals surface area contributed by atoms with E-state index in [-0.39, 0.29) is 11.7 Å². The van der Waals surface area contributed by atoms with Crippen LogP contribution in [0.15, 0.2) is 66.9 Å². The van der Waals surface area contributed by atoms with Crippen LogP contribution in [0, 0.1) is 5.41 Å². The van der Waals surface area contributed by atoms with E-state index in [9.17, 15) is 9.90 Å². The Balaban J connectivity index is 1.24. The van der Waals surface area contributed by atoms with Crippen molar-refractivity contribution in [3.8, 4) is 17.0 Å². The summed E-state index contributed by atoms with van der Waals surface area (Å²) in [5.41, 5.74) is 3.22. The molecule has 1 amide bonds. The lowest BCUT2D eigenvalue weighted by Crippen LogP contribution is -2.73. The highest BCUT2D eigenvalue weighted by Gasteiger charge is 2.54. The Labute approximate surface area is 199 Å². The molecule has 174 valence electrons. The second-order valence-corrected chi connectivity index (χ2v) is 10.0. The van der Waals surface area contributed by atoms with Crippen LogP contribution in [0.5, 0.6) is 5.75 Å². The Bertz CT molecular complexity index is 1190. The summed E-state index contributed by atoms with van der Waals surface area (Å²) in [4.78, 5) is 18.2. The van der Waals surface area contributed by atoms with Gasteiger partial charge in [0.05, 0.1) is 23.0 Å². The van der Waals surface area contributed by atoms with Crippen LogP contribution >= 0.6 is 0 Å². The van der Waals surface area contributed by atoms with Gasteiger partial charge in [-0.2, -0.15) is 10.2 Å². The zero-order chi connectivity index (χ0) is 23.2. The van der Waals surface area contributed by atoms with Gasteiger partial charge in [0.1, 0.15) is 5.75 Å². The molecule has 7 nitrogen and oxygen atoms in total. The lowest BCUT2D eigenvalue weighted by molar-refractivity contribution is -0.154. The highest BCUT2D eigenvalue weighted by Crippen LogP contribution is 2.43. The highest BCUT2D eigenvalue weighted by molar-refractivity contribution is 5.89. The van der Waals surface area contributed by atoms with Gasteiger partial charge in [0.2, 0.25) is 5.91 Å². The number of para-hydroxylation sites is 1. The number of piperidine rings is 1. The van der Waals surface area contributed by atoms with Crippen molar-refractivity contribution in [3.05, 3.63) is 72.4 Å². The number of phenolic OH excluding ortho intramolecular Hbond substituents is 1. The number of likely N-dealkylation sites (tertiary alicyclic amines) is 1. The maximum Gasteiger partial charge on any atom is 0.233 e. The molecule has 34 heavy (non-hydrogen) atoms. The average molecular weight is 456 g/mol. The Morgan fingerprint density at radius 1 is 0.971 bits per heavy atom. The van der Waals surface area contributed by atoms with Gasteiger partial charge >= 0.3 is 0 Å². The fraction of sp³-hybridized carbons (Fsp3) is 0.370. The predicted octanol–water partition coefficient (Wildman–Crippen LogP) is 2.82. The first kappa shape index (κ1) is 21.1. The fourth-order valence-electron chi connectivity index (χ4n) is 5.79. The molecule has 3 aliphatic rings. The highest BCUT2D eigenvalue weighted by atomic mass is 16.3. The number of aromatic nitrogens is 2. The van der Waals surface area contributed by atoms with Crippen LogP contribution < -0.4 is 10.2 Å². The van der Waals surface area contributed by atoms with Crippen molar-refractivity contribution in [3.63, 3.8) is 0 Å². The topological polar surface area (TPSA) is 81.6 Å². The van der Waals surface area contributed by atoms with Crippen LogP contribution in [0.1, 0.15) is 18.4 Å². The molecular formula is C27H29N5O2. The first-order chi connectivity index (χ1) is 16.6. The van der Waals surface area contributed by atoms with Crippen LogP contribution in [0.4, 0.5) is 5.69 Å². The van der Waals surface area contributed by atoms with Gasteiger partial charge in [0, 0.05) is 50.2 Å². The number of nitrogens with one attached hydrogen (secondary N) is 1. The minimum absolute atomic E-state index is 0.190. The molecule has 3 fully saturated rings. The minimum Gasteiger partial charge on any atom is -0.507 e. The van der Waals surface area contributed by atoms with Crippen molar-refractivity contribution in [2.24, 2.45) is 5.41 Å². The summed E-state index contributed by atoms with van der Waals surface area (Å²) < 4.78 is 0. The summed E-state index contributed by atoms with van der Waals surface area (Å²) in [5, 5.41) is 22.0. The Kier molecular flexibility index (Phi) is 5.03. The molecule has 2 aromatic carbocycles. The third-order valence-electron chi connectivity index (χ3n) is 7.88. The molecule has 0 saturated carbocycles. The first-order valence-electron chi connectivity index (χ1n) is 12.0. The third-order valence-corrected chi connectivity index (χ3v) is 7.88. The third kappa shape index (κ3) is 3.42. The Morgan fingerprint density at radius 3 is 2.35 bits per heavy atom. The molecule has 0 atom stereocenters. The molecule has 1 spiro atoms. The second kappa shape index (κ2) is 8.09. The molecule has 3 aromatic rings. The van der Waals surface area contributed by atoms with Crippen molar-refractivity contribution in [1.29, 1.82) is 0 Å². The van der Waals surface area contributed by atoms with Crippen LogP contribution in [-0.2, 0) is 10.2 Å². The number of aromatic hydroxyl groups is 1. The molecule has 3 saturated heterocycles. The average Bonchev–Trinajstić information content (AvgIpc) is 2.83. The molecule has 0 unspecified atom stereocenters. The summed E-state index contributed by atoms with van der Waals surface area (Å²) in [6.07, 6.45) is 3.28. The molecular weight excluding hydrogens is 426 g/mol. The monoisotopic (exact) mass is 455 g/mol. The van der Waals surface area contributed by atoms with Crippen molar-refractivity contribution in [2.75, 3.05) is 44.2 Å². The number of carbonyl (C=O) groups is 1. The quantitative estimate of drug-likeness (QED) is 0.630. The molecule has 0 radical (unpaired) electrons. The van der Waals surface area contributed by atoms with Crippen LogP contribution in [0.25, 0.3) is 11.3 Å². The SMILES string of the molecule is O=C(N1CC2(CNC2)C1)C1(c2ccccc2)CCN(c2cnnc(-c3ccccc3O)c2)CC1. The van der Waals surface area contributed by atoms with Gasteiger partial charge in [-0.1, -0.05) is 42.5 Å². The summed E-state index contributed by atoms with van der Waals surface area (Å²) in [5.74, 6) is 0.467. The summed E-state index contributed by atoms with van der Waals surface area (Å²) >= 11 is 0. The lowest BCUT2D eigenvalue weighted by atomic mass is 9.68. The molecule has 3 aliphatic heterocycles. The Morgan fingerprint density at radius 2 is 1.68 bits per heavy atom. The maximum absolute atomic E-state index is 13.9. The minimum atomic E-state index is -0.489. The lowest BCUT2D eigenvalue weighted by Gasteiger charge is -2.58. The number of phenols is 1. The van der Waals surface area contributed by atoms with Gasteiger partial charge in [-0.05, 0) is 36.6 Å². The van der Waals surface area contributed by atoms with Gasteiger partial charge in [0.15, 0.2) is 0 Å². The van der Waals surface area contributed by atoms with E-state index in [4.69, 9.17) is 0 Å². The number of carbonyl (C=O) groups excluding carboxylic acids is 1.